The van der Waals surface area contributed by atoms with Gasteiger partial charge in [0.05, 0.1) is 12.6 Å². The molecule has 3 aromatic rings. The number of nitrogens with zero attached hydrogens (tertiary/aromatic N) is 2. The molecule has 0 unspecified atom stereocenters. The van der Waals surface area contributed by atoms with Crippen molar-refractivity contribution >= 4 is 47.5 Å². The van der Waals surface area contributed by atoms with E-state index in [1.54, 1.807) is 42.0 Å². The molecule has 0 saturated heterocycles. The van der Waals surface area contributed by atoms with Crippen LogP contribution in [0.5, 0.6) is 5.75 Å². The number of carboxylic acid groups (broad SMARTS) is 1. The summed E-state index contributed by atoms with van der Waals surface area (Å²) in [5, 5.41) is 22.1. The van der Waals surface area contributed by atoms with Crippen molar-refractivity contribution in [2.45, 2.75) is 6.54 Å². The Morgan fingerprint density at radius 2 is 1.89 bits per heavy atom. The fraction of sp³-hybridized carbons (Fsp3) is 0.111. The predicted molar refractivity (Wildman–Crippen MR) is 108 cm³/mol. The number of amidine groups is 1. The number of rotatable bonds is 5. The number of methoxy groups -OCH3 is 1. The molecule has 0 amide bonds. The number of hydrogen-bond acceptors (Lipinski definition) is 4. The number of carbonyl (C=O) groups is 1. The first-order valence-electron chi connectivity index (χ1n) is 7.51. The van der Waals surface area contributed by atoms with Crippen molar-refractivity contribution in [3.63, 3.8) is 0 Å². The Kier molecular flexibility index (Phi) is 7.51. The van der Waals surface area contributed by atoms with E-state index < -0.39 is 5.97 Å². The zero-order valence-corrected chi connectivity index (χ0v) is 16.0. The number of nitrogens with two attached hydrogens (primary N) is 1. The van der Waals surface area contributed by atoms with Crippen molar-refractivity contribution in [1.29, 1.82) is 0 Å². The van der Waals surface area contributed by atoms with Gasteiger partial charge in [0, 0.05) is 17.5 Å². The zero-order valence-electron chi connectivity index (χ0n) is 14.3. The lowest BCUT2D eigenvalue weighted by Gasteiger charge is -2.10. The highest BCUT2D eigenvalue weighted by atomic mass is 35.5. The number of carboxylic acids is 1. The highest BCUT2D eigenvalue weighted by Crippen LogP contribution is 2.29. The van der Waals surface area contributed by atoms with Crippen LogP contribution in [0.15, 0.2) is 53.7 Å². The van der Waals surface area contributed by atoms with Crippen molar-refractivity contribution in [2.75, 3.05) is 7.11 Å². The first-order valence-corrected chi connectivity index (χ1v) is 7.51. The van der Waals surface area contributed by atoms with Gasteiger partial charge in [-0.3, -0.25) is 0 Å². The van der Waals surface area contributed by atoms with Gasteiger partial charge in [-0.25, -0.2) is 4.79 Å². The standard InChI is InChI=1S/C18H17N3O4.2ClH/c1-25-16-7-3-6-14-13(16)9-15(18(22)23)21(14)10-11-4-2-5-12(8-11)17(19)20-24;;/h2-9,24H,10H2,1H3,(H2,19,20)(H,22,23);2*1H. The maximum absolute atomic E-state index is 11.7. The van der Waals surface area contributed by atoms with Crippen molar-refractivity contribution in [3.05, 3.63) is 65.4 Å². The summed E-state index contributed by atoms with van der Waals surface area (Å²) >= 11 is 0. The largest absolute Gasteiger partial charge is 0.496 e. The molecule has 0 aliphatic carbocycles. The number of aromatic nitrogens is 1. The van der Waals surface area contributed by atoms with Gasteiger partial charge in [-0.2, -0.15) is 0 Å². The molecule has 3 rings (SSSR count). The third-order valence-corrected chi connectivity index (χ3v) is 4.02. The molecule has 1 heterocycles. The van der Waals surface area contributed by atoms with E-state index in [4.69, 9.17) is 15.7 Å². The van der Waals surface area contributed by atoms with Gasteiger partial charge in [0.15, 0.2) is 5.84 Å². The second-order valence-electron chi connectivity index (χ2n) is 5.50. The third kappa shape index (κ3) is 4.27. The monoisotopic (exact) mass is 411 g/mol. The van der Waals surface area contributed by atoms with Crippen molar-refractivity contribution in [2.24, 2.45) is 10.9 Å². The SMILES string of the molecule is COc1cccc2c1cc(C(=O)O)n2Cc1cccc(/C(N)=N/O)c1.Cl.Cl. The molecule has 0 saturated carbocycles. The number of benzene rings is 2. The summed E-state index contributed by atoms with van der Waals surface area (Å²) in [6, 6.07) is 14.1. The number of halogens is 2. The maximum Gasteiger partial charge on any atom is 0.352 e. The van der Waals surface area contributed by atoms with Crippen molar-refractivity contribution in [3.8, 4) is 5.75 Å². The molecule has 9 heteroatoms. The van der Waals surface area contributed by atoms with E-state index >= 15 is 0 Å². The van der Waals surface area contributed by atoms with Crippen molar-refractivity contribution < 1.29 is 19.8 Å². The molecule has 0 radical (unpaired) electrons. The van der Waals surface area contributed by atoms with Crippen molar-refractivity contribution in [1.82, 2.24) is 4.57 Å². The fourth-order valence-corrected chi connectivity index (χ4v) is 2.85. The summed E-state index contributed by atoms with van der Waals surface area (Å²) in [5.74, 6) is -0.408. The van der Waals surface area contributed by atoms with Crippen LogP contribution in [-0.2, 0) is 6.54 Å². The minimum Gasteiger partial charge on any atom is -0.496 e. The van der Waals surface area contributed by atoms with E-state index in [9.17, 15) is 9.90 Å². The maximum atomic E-state index is 11.7. The lowest BCUT2D eigenvalue weighted by atomic mass is 10.1. The van der Waals surface area contributed by atoms with Crippen LogP contribution in [0.3, 0.4) is 0 Å². The normalized spacial score (nSPS) is 10.8. The number of hydrogen-bond donors (Lipinski definition) is 3. The van der Waals surface area contributed by atoms with E-state index in [2.05, 4.69) is 5.16 Å². The summed E-state index contributed by atoms with van der Waals surface area (Å²) < 4.78 is 7.02. The topological polar surface area (TPSA) is 110 Å². The molecule has 27 heavy (non-hydrogen) atoms. The Balaban J connectivity index is 0.00000182. The van der Waals surface area contributed by atoms with Gasteiger partial charge in [0.25, 0.3) is 0 Å². The van der Waals surface area contributed by atoms with Crippen LogP contribution < -0.4 is 10.5 Å². The van der Waals surface area contributed by atoms with Gasteiger partial charge in [-0.1, -0.05) is 29.4 Å². The van der Waals surface area contributed by atoms with Gasteiger partial charge >= 0.3 is 5.97 Å². The Morgan fingerprint density at radius 3 is 2.52 bits per heavy atom. The molecule has 0 bridgehead atoms. The van der Waals surface area contributed by atoms with Crippen LogP contribution in [0.1, 0.15) is 21.6 Å². The van der Waals surface area contributed by atoms with Gasteiger partial charge in [0.2, 0.25) is 0 Å². The van der Waals surface area contributed by atoms with E-state index in [1.807, 2.05) is 18.2 Å². The van der Waals surface area contributed by atoms with E-state index in [0.29, 0.717) is 17.9 Å². The summed E-state index contributed by atoms with van der Waals surface area (Å²) in [6.07, 6.45) is 0. The smallest absolute Gasteiger partial charge is 0.352 e. The number of fused-ring (bicyclic) bond motifs is 1. The van der Waals surface area contributed by atoms with Gasteiger partial charge in [-0.15, -0.1) is 24.8 Å². The highest BCUT2D eigenvalue weighted by Gasteiger charge is 2.17. The summed E-state index contributed by atoms with van der Waals surface area (Å²) in [4.78, 5) is 11.7. The molecule has 4 N–H and O–H groups in total. The minimum atomic E-state index is -1.02. The quantitative estimate of drug-likeness (QED) is 0.258. The van der Waals surface area contributed by atoms with E-state index in [-0.39, 0.29) is 36.3 Å². The summed E-state index contributed by atoms with van der Waals surface area (Å²) in [5.41, 5.74) is 7.93. The molecule has 2 aromatic carbocycles. The Morgan fingerprint density at radius 1 is 1.19 bits per heavy atom. The van der Waals surface area contributed by atoms with E-state index in [0.717, 1.165) is 16.5 Å². The first kappa shape index (κ1) is 22.1. The van der Waals surface area contributed by atoms with Crippen LogP contribution in [0, 0.1) is 0 Å². The average Bonchev–Trinajstić information content (AvgIpc) is 3.00. The molecule has 0 aliphatic heterocycles. The zero-order chi connectivity index (χ0) is 18.0. The Hall–Kier alpha value is -2.90. The second kappa shape index (κ2) is 9.16. The summed E-state index contributed by atoms with van der Waals surface area (Å²) in [6.45, 7) is 0.324. The minimum absolute atomic E-state index is 0. The molecule has 1 aromatic heterocycles. The van der Waals surface area contributed by atoms with Crippen LogP contribution in [0.25, 0.3) is 10.9 Å². The van der Waals surface area contributed by atoms with Gasteiger partial charge < -0.3 is 25.4 Å². The number of oxime groups is 1. The van der Waals surface area contributed by atoms with Crippen LogP contribution >= 0.6 is 24.8 Å². The molecule has 0 atom stereocenters. The van der Waals surface area contributed by atoms with E-state index in [1.165, 1.54) is 0 Å². The summed E-state index contributed by atoms with van der Waals surface area (Å²) in [7, 11) is 1.55. The second-order valence-corrected chi connectivity index (χ2v) is 5.50. The van der Waals surface area contributed by atoms with Crippen LogP contribution in [-0.4, -0.2) is 33.8 Å². The molecular formula is C18H19Cl2N3O4. The Bertz CT molecular complexity index is 986. The number of aromatic carboxylic acids is 1. The van der Waals surface area contributed by atoms with Crippen LogP contribution in [0.2, 0.25) is 0 Å². The number of ether oxygens (including phenoxy) is 1. The average molecular weight is 412 g/mol. The molecular weight excluding hydrogens is 393 g/mol. The molecule has 0 fully saturated rings. The fourth-order valence-electron chi connectivity index (χ4n) is 2.85. The molecule has 0 spiro atoms. The molecule has 144 valence electrons. The molecule has 7 nitrogen and oxygen atoms in total. The third-order valence-electron chi connectivity index (χ3n) is 4.02. The lowest BCUT2D eigenvalue weighted by Crippen LogP contribution is -2.14. The van der Waals surface area contributed by atoms with Gasteiger partial charge in [0.1, 0.15) is 11.4 Å². The molecule has 0 aliphatic rings. The van der Waals surface area contributed by atoms with Gasteiger partial charge in [-0.05, 0) is 29.8 Å². The highest BCUT2D eigenvalue weighted by molar-refractivity contribution is 5.98. The Labute approximate surface area is 167 Å². The predicted octanol–water partition coefficient (Wildman–Crippen LogP) is 3.33. The first-order chi connectivity index (χ1) is 12.0. The van der Waals surface area contributed by atoms with Crippen LogP contribution in [0.4, 0.5) is 0 Å². The lowest BCUT2D eigenvalue weighted by molar-refractivity contribution is 0.0686.